The molecule has 0 saturated heterocycles. The number of alkyl halides is 1. The van der Waals surface area contributed by atoms with E-state index in [1.807, 2.05) is 0 Å². The standard InChI is InChI=1S/C25H40ClNO3/c1-15(27-16(2)28)21-7-8-23-20-6-5-18-13-19(30-17(3)29)9-11-24(18,4)22(20)10-12-25(21,23)14-26/h15,18-23H,5-14H2,1-4H3,(H,27,28)/t15-,18-,19-,20+,21+,22-,23-,24-,25-/m0/s1. The smallest absolute Gasteiger partial charge is 0.302 e. The Balaban J connectivity index is 1.53. The average molecular weight is 438 g/mol. The molecule has 0 unspecified atom stereocenters. The molecule has 9 atom stereocenters. The van der Waals surface area contributed by atoms with Crippen molar-refractivity contribution in [1.29, 1.82) is 0 Å². The second-order valence-corrected chi connectivity index (χ2v) is 11.5. The van der Waals surface area contributed by atoms with Crippen LogP contribution in [0.2, 0.25) is 0 Å². The maximum atomic E-state index is 11.7. The summed E-state index contributed by atoms with van der Waals surface area (Å²) in [5.74, 6) is 4.06. The molecule has 4 nitrogen and oxygen atoms in total. The van der Waals surface area contributed by atoms with E-state index in [4.69, 9.17) is 16.3 Å². The number of amides is 1. The summed E-state index contributed by atoms with van der Waals surface area (Å²) in [6, 6.07) is 0.203. The highest BCUT2D eigenvalue weighted by molar-refractivity contribution is 6.18. The first kappa shape index (κ1) is 22.4. The first-order valence-corrected chi connectivity index (χ1v) is 12.7. The van der Waals surface area contributed by atoms with Crippen LogP contribution < -0.4 is 5.32 Å². The van der Waals surface area contributed by atoms with E-state index in [2.05, 4.69) is 19.2 Å². The van der Waals surface area contributed by atoms with Gasteiger partial charge in [0.25, 0.3) is 0 Å². The van der Waals surface area contributed by atoms with Crippen molar-refractivity contribution >= 4 is 23.5 Å². The molecule has 1 amide bonds. The molecule has 0 bridgehead atoms. The molecule has 30 heavy (non-hydrogen) atoms. The minimum Gasteiger partial charge on any atom is -0.463 e. The molecule has 5 heteroatoms. The lowest BCUT2D eigenvalue weighted by molar-refractivity contribution is -0.160. The zero-order valence-electron chi connectivity index (χ0n) is 19.2. The van der Waals surface area contributed by atoms with Gasteiger partial charge in [0.2, 0.25) is 5.91 Å². The van der Waals surface area contributed by atoms with Crippen LogP contribution in [0, 0.1) is 40.4 Å². The van der Waals surface area contributed by atoms with Gasteiger partial charge in [-0.1, -0.05) is 6.92 Å². The van der Waals surface area contributed by atoms with E-state index >= 15 is 0 Å². The lowest BCUT2D eigenvalue weighted by Crippen LogP contribution is -2.56. The summed E-state index contributed by atoms with van der Waals surface area (Å²) in [6.07, 6.45) is 10.8. The van der Waals surface area contributed by atoms with Gasteiger partial charge in [-0.15, -0.1) is 11.6 Å². The molecular weight excluding hydrogens is 398 g/mol. The highest BCUT2D eigenvalue weighted by atomic mass is 35.5. The Morgan fingerprint density at radius 2 is 1.83 bits per heavy atom. The number of hydrogen-bond donors (Lipinski definition) is 1. The van der Waals surface area contributed by atoms with Crippen LogP contribution in [-0.4, -0.2) is 29.9 Å². The molecule has 1 N–H and O–H groups in total. The van der Waals surface area contributed by atoms with E-state index in [-0.39, 0.29) is 29.4 Å². The van der Waals surface area contributed by atoms with Crippen LogP contribution in [-0.2, 0) is 14.3 Å². The van der Waals surface area contributed by atoms with Crippen molar-refractivity contribution in [3.8, 4) is 0 Å². The van der Waals surface area contributed by atoms with Crippen molar-refractivity contribution in [2.75, 3.05) is 5.88 Å². The molecule has 4 rings (SSSR count). The molecule has 0 aliphatic heterocycles. The van der Waals surface area contributed by atoms with Gasteiger partial charge >= 0.3 is 5.97 Å². The number of fused-ring (bicyclic) bond motifs is 5. The predicted molar refractivity (Wildman–Crippen MR) is 119 cm³/mol. The van der Waals surface area contributed by atoms with Gasteiger partial charge in [0.05, 0.1) is 0 Å². The molecule has 4 aliphatic rings. The van der Waals surface area contributed by atoms with Gasteiger partial charge in [-0.25, -0.2) is 0 Å². The van der Waals surface area contributed by atoms with Gasteiger partial charge in [-0.05, 0) is 105 Å². The number of halogens is 1. The quantitative estimate of drug-likeness (QED) is 0.478. The largest absolute Gasteiger partial charge is 0.463 e. The summed E-state index contributed by atoms with van der Waals surface area (Å²) in [7, 11) is 0. The van der Waals surface area contributed by atoms with Crippen LogP contribution in [0.4, 0.5) is 0 Å². The summed E-state index contributed by atoms with van der Waals surface area (Å²) in [5, 5.41) is 3.18. The van der Waals surface area contributed by atoms with Gasteiger partial charge in [0.15, 0.2) is 0 Å². The highest BCUT2D eigenvalue weighted by Crippen LogP contribution is 2.68. The van der Waals surface area contributed by atoms with Crippen LogP contribution in [0.15, 0.2) is 0 Å². The normalized spacial score (nSPS) is 46.2. The van der Waals surface area contributed by atoms with Crippen molar-refractivity contribution < 1.29 is 14.3 Å². The number of rotatable bonds is 4. The van der Waals surface area contributed by atoms with Crippen molar-refractivity contribution in [3.63, 3.8) is 0 Å². The second-order valence-electron chi connectivity index (χ2n) is 11.2. The fraction of sp³-hybridized carbons (Fsp3) is 0.920. The first-order valence-electron chi connectivity index (χ1n) is 12.2. The molecule has 0 radical (unpaired) electrons. The Hall–Kier alpha value is -0.770. The molecular formula is C25H40ClNO3. The highest BCUT2D eigenvalue weighted by Gasteiger charge is 2.62. The third-order valence-corrected chi connectivity index (χ3v) is 10.5. The van der Waals surface area contributed by atoms with E-state index in [0.717, 1.165) is 30.6 Å². The van der Waals surface area contributed by atoms with Crippen LogP contribution in [0.5, 0.6) is 0 Å². The monoisotopic (exact) mass is 437 g/mol. The van der Waals surface area contributed by atoms with Crippen molar-refractivity contribution in [1.82, 2.24) is 5.32 Å². The third kappa shape index (κ3) is 3.59. The topological polar surface area (TPSA) is 55.4 Å². The second kappa shape index (κ2) is 8.30. The number of carbonyl (C=O) groups is 2. The molecule has 0 heterocycles. The molecule has 0 aromatic rings. The molecule has 4 aliphatic carbocycles. The number of carbonyl (C=O) groups excluding carboxylic acids is 2. The van der Waals surface area contributed by atoms with Crippen molar-refractivity contribution in [2.24, 2.45) is 40.4 Å². The summed E-state index contributed by atoms with van der Waals surface area (Å²) in [6.45, 7) is 7.89. The zero-order chi connectivity index (χ0) is 21.7. The van der Waals surface area contributed by atoms with E-state index in [9.17, 15) is 9.59 Å². The van der Waals surface area contributed by atoms with E-state index in [1.54, 1.807) is 6.92 Å². The summed E-state index contributed by atoms with van der Waals surface area (Å²) >= 11 is 6.76. The summed E-state index contributed by atoms with van der Waals surface area (Å²) in [4.78, 5) is 23.2. The number of hydrogen-bond acceptors (Lipinski definition) is 3. The van der Waals surface area contributed by atoms with E-state index in [1.165, 1.54) is 51.9 Å². The predicted octanol–water partition coefficient (Wildman–Crippen LogP) is 5.32. The van der Waals surface area contributed by atoms with Crippen molar-refractivity contribution in [2.45, 2.75) is 97.6 Å². The molecule has 0 aromatic carbocycles. The Kier molecular flexibility index (Phi) is 6.20. The van der Waals surface area contributed by atoms with Gasteiger partial charge in [-0.2, -0.15) is 0 Å². The molecule has 4 fully saturated rings. The van der Waals surface area contributed by atoms with Gasteiger partial charge in [0.1, 0.15) is 6.10 Å². The van der Waals surface area contributed by atoms with Crippen LogP contribution in [0.3, 0.4) is 0 Å². The van der Waals surface area contributed by atoms with Crippen LogP contribution in [0.25, 0.3) is 0 Å². The summed E-state index contributed by atoms with van der Waals surface area (Å²) in [5.41, 5.74) is 0.558. The van der Waals surface area contributed by atoms with Crippen molar-refractivity contribution in [3.05, 3.63) is 0 Å². The minimum absolute atomic E-state index is 0.0712. The number of nitrogens with one attached hydrogen (secondary N) is 1. The Morgan fingerprint density at radius 3 is 2.50 bits per heavy atom. The fourth-order valence-corrected chi connectivity index (χ4v) is 9.38. The Labute approximate surface area is 187 Å². The van der Waals surface area contributed by atoms with Gasteiger partial charge in [-0.3, -0.25) is 9.59 Å². The molecule has 0 spiro atoms. The Morgan fingerprint density at radius 1 is 1.07 bits per heavy atom. The molecule has 0 aromatic heterocycles. The molecule has 4 saturated carbocycles. The first-order chi connectivity index (χ1) is 14.2. The van der Waals surface area contributed by atoms with Gasteiger partial charge < -0.3 is 10.1 Å². The summed E-state index contributed by atoms with van der Waals surface area (Å²) < 4.78 is 5.61. The maximum Gasteiger partial charge on any atom is 0.302 e. The van der Waals surface area contributed by atoms with Crippen LogP contribution >= 0.6 is 11.6 Å². The third-order valence-electron chi connectivity index (χ3n) is 10.0. The SMILES string of the molecule is CC(=O)N[C@@H](C)[C@H]1CC[C@H]2[C@@H]3CC[C@H]4C[C@@H](OC(C)=O)CC[C@]4(C)[C@H]3CC[C@]12CCl. The maximum absolute atomic E-state index is 11.7. The minimum atomic E-state index is -0.132. The fourth-order valence-electron chi connectivity index (χ4n) is 8.85. The Bertz CT molecular complexity index is 683. The number of esters is 1. The van der Waals surface area contributed by atoms with E-state index < -0.39 is 0 Å². The van der Waals surface area contributed by atoms with Crippen LogP contribution in [0.1, 0.15) is 85.5 Å². The number of ether oxygens (including phenoxy) is 1. The lowest BCUT2D eigenvalue weighted by atomic mass is 9.44. The molecule has 170 valence electrons. The zero-order valence-corrected chi connectivity index (χ0v) is 20.0. The van der Waals surface area contributed by atoms with Gasteiger partial charge in [0, 0.05) is 25.8 Å². The lowest BCUT2D eigenvalue weighted by Gasteiger charge is -2.61. The average Bonchev–Trinajstić information content (AvgIpc) is 3.07. The van der Waals surface area contributed by atoms with E-state index in [0.29, 0.717) is 23.2 Å².